The summed E-state index contributed by atoms with van der Waals surface area (Å²) in [6.07, 6.45) is -2.46. The van der Waals surface area contributed by atoms with E-state index in [0.717, 1.165) is 0 Å². The van der Waals surface area contributed by atoms with Crippen LogP contribution in [-0.2, 0) is 5.54 Å². The maximum Gasteiger partial charge on any atom is 0.260 e. The number of halogens is 2. The normalized spacial score (nSPS) is 15.7. The Labute approximate surface area is 88.7 Å². The fourth-order valence-corrected chi connectivity index (χ4v) is 1.80. The van der Waals surface area contributed by atoms with E-state index in [0.29, 0.717) is 23.6 Å². The molecule has 1 aromatic heterocycles. The Hall–Kier alpha value is -0.900. The molecule has 1 unspecified atom stereocenters. The van der Waals surface area contributed by atoms with Crippen LogP contribution >= 0.6 is 0 Å². The van der Waals surface area contributed by atoms with Crippen LogP contribution in [0, 0.1) is 13.8 Å². The summed E-state index contributed by atoms with van der Waals surface area (Å²) in [5, 5.41) is 2.82. The van der Waals surface area contributed by atoms with Gasteiger partial charge in [-0.2, -0.15) is 0 Å². The van der Waals surface area contributed by atoms with E-state index < -0.39 is 12.0 Å². The van der Waals surface area contributed by atoms with Crippen molar-refractivity contribution in [3.8, 4) is 0 Å². The van der Waals surface area contributed by atoms with Gasteiger partial charge in [-0.1, -0.05) is 6.92 Å². The van der Waals surface area contributed by atoms with E-state index in [4.69, 9.17) is 4.42 Å². The largest absolute Gasteiger partial charge is 0.466 e. The molecule has 1 heterocycles. The molecule has 0 radical (unpaired) electrons. The fraction of sp³-hybridized carbons (Fsp3) is 0.636. The van der Waals surface area contributed by atoms with E-state index in [9.17, 15) is 8.78 Å². The molecular formula is C11H17F2NO. The minimum Gasteiger partial charge on any atom is -0.466 e. The highest BCUT2D eigenvalue weighted by Gasteiger charge is 2.38. The van der Waals surface area contributed by atoms with E-state index in [2.05, 4.69) is 5.32 Å². The second-order valence-electron chi connectivity index (χ2n) is 3.86. The van der Waals surface area contributed by atoms with Crippen molar-refractivity contribution in [2.75, 3.05) is 6.54 Å². The number of nitrogens with one attached hydrogen (secondary N) is 1. The maximum atomic E-state index is 13.0. The molecule has 0 aliphatic rings. The SMILES string of the molecule is CCNC(C)(c1cc(C)oc1C)C(F)F. The van der Waals surface area contributed by atoms with Crippen molar-refractivity contribution in [3.63, 3.8) is 0 Å². The zero-order chi connectivity index (χ0) is 11.6. The molecule has 0 aliphatic heterocycles. The summed E-state index contributed by atoms with van der Waals surface area (Å²) < 4.78 is 31.4. The van der Waals surface area contributed by atoms with Gasteiger partial charge in [0, 0.05) is 5.56 Å². The third-order valence-electron chi connectivity index (χ3n) is 2.58. The number of rotatable bonds is 4. The average molecular weight is 217 g/mol. The Bertz CT molecular complexity index is 335. The first kappa shape index (κ1) is 12.2. The lowest BCUT2D eigenvalue weighted by Gasteiger charge is -2.29. The van der Waals surface area contributed by atoms with E-state index >= 15 is 0 Å². The van der Waals surface area contributed by atoms with Gasteiger partial charge < -0.3 is 9.73 Å². The van der Waals surface area contributed by atoms with Crippen LogP contribution in [0.2, 0.25) is 0 Å². The maximum absolute atomic E-state index is 13.0. The van der Waals surface area contributed by atoms with Gasteiger partial charge in [0.25, 0.3) is 6.43 Å². The van der Waals surface area contributed by atoms with Gasteiger partial charge in [-0.15, -0.1) is 0 Å². The molecule has 2 nitrogen and oxygen atoms in total. The summed E-state index contributed by atoms with van der Waals surface area (Å²) in [5.41, 5.74) is -0.784. The van der Waals surface area contributed by atoms with Crippen LogP contribution in [0.3, 0.4) is 0 Å². The molecule has 0 fully saturated rings. The third-order valence-corrected chi connectivity index (χ3v) is 2.58. The Morgan fingerprint density at radius 1 is 1.47 bits per heavy atom. The first-order valence-corrected chi connectivity index (χ1v) is 5.02. The molecule has 1 aromatic rings. The zero-order valence-corrected chi connectivity index (χ0v) is 9.53. The molecule has 0 saturated carbocycles. The van der Waals surface area contributed by atoms with Crippen molar-refractivity contribution >= 4 is 0 Å². The number of alkyl halides is 2. The van der Waals surface area contributed by atoms with Crippen molar-refractivity contribution in [1.29, 1.82) is 0 Å². The number of aryl methyl sites for hydroxylation is 2. The van der Waals surface area contributed by atoms with E-state index in [1.807, 2.05) is 6.92 Å². The van der Waals surface area contributed by atoms with Crippen molar-refractivity contribution in [1.82, 2.24) is 5.32 Å². The summed E-state index contributed by atoms with van der Waals surface area (Å²) >= 11 is 0. The molecule has 0 bridgehead atoms. The Morgan fingerprint density at radius 3 is 2.40 bits per heavy atom. The molecule has 4 heteroatoms. The highest BCUT2D eigenvalue weighted by atomic mass is 19.3. The van der Waals surface area contributed by atoms with Crippen LogP contribution in [0.15, 0.2) is 10.5 Å². The molecule has 1 N–H and O–H groups in total. The lowest BCUT2D eigenvalue weighted by molar-refractivity contribution is 0.0385. The minimum atomic E-state index is -2.46. The highest BCUT2D eigenvalue weighted by molar-refractivity contribution is 5.29. The Morgan fingerprint density at radius 2 is 2.07 bits per heavy atom. The molecule has 15 heavy (non-hydrogen) atoms. The summed E-state index contributed by atoms with van der Waals surface area (Å²) in [6, 6.07) is 1.67. The van der Waals surface area contributed by atoms with Gasteiger partial charge in [0.1, 0.15) is 17.1 Å². The lowest BCUT2D eigenvalue weighted by Crippen LogP contribution is -2.45. The lowest BCUT2D eigenvalue weighted by atomic mass is 9.92. The van der Waals surface area contributed by atoms with Gasteiger partial charge >= 0.3 is 0 Å². The number of hydrogen-bond acceptors (Lipinski definition) is 2. The van der Waals surface area contributed by atoms with Crippen LogP contribution in [0.5, 0.6) is 0 Å². The third kappa shape index (κ3) is 2.20. The number of furan rings is 1. The van der Waals surface area contributed by atoms with E-state index in [1.54, 1.807) is 19.9 Å². The van der Waals surface area contributed by atoms with Crippen LogP contribution in [-0.4, -0.2) is 13.0 Å². The topological polar surface area (TPSA) is 25.2 Å². The average Bonchev–Trinajstić information content (AvgIpc) is 2.45. The minimum absolute atomic E-state index is 0.491. The van der Waals surface area contributed by atoms with Crippen molar-refractivity contribution < 1.29 is 13.2 Å². The first-order chi connectivity index (χ1) is 6.91. The molecule has 0 amide bonds. The van der Waals surface area contributed by atoms with Crippen molar-refractivity contribution in [2.24, 2.45) is 0 Å². The smallest absolute Gasteiger partial charge is 0.260 e. The van der Waals surface area contributed by atoms with Gasteiger partial charge in [-0.05, 0) is 33.4 Å². The van der Waals surface area contributed by atoms with Crippen LogP contribution in [0.1, 0.15) is 30.9 Å². The monoisotopic (exact) mass is 217 g/mol. The van der Waals surface area contributed by atoms with Crippen LogP contribution < -0.4 is 5.32 Å². The second-order valence-corrected chi connectivity index (χ2v) is 3.86. The van der Waals surface area contributed by atoms with Gasteiger partial charge in [0.2, 0.25) is 0 Å². The van der Waals surface area contributed by atoms with Crippen LogP contribution in [0.25, 0.3) is 0 Å². The molecule has 1 rings (SSSR count). The van der Waals surface area contributed by atoms with Crippen LogP contribution in [0.4, 0.5) is 8.78 Å². The van der Waals surface area contributed by atoms with Gasteiger partial charge in [-0.25, -0.2) is 8.78 Å². The van der Waals surface area contributed by atoms with Gasteiger partial charge in [0.15, 0.2) is 0 Å². The summed E-state index contributed by atoms with van der Waals surface area (Å²) in [7, 11) is 0. The summed E-state index contributed by atoms with van der Waals surface area (Å²) in [5.74, 6) is 1.21. The van der Waals surface area contributed by atoms with E-state index in [-0.39, 0.29) is 0 Å². The molecule has 0 aliphatic carbocycles. The highest BCUT2D eigenvalue weighted by Crippen LogP contribution is 2.32. The Kier molecular flexibility index (Phi) is 3.50. The predicted molar refractivity (Wildman–Crippen MR) is 55.2 cm³/mol. The van der Waals surface area contributed by atoms with E-state index in [1.165, 1.54) is 6.92 Å². The fourth-order valence-electron chi connectivity index (χ4n) is 1.80. The number of hydrogen-bond donors (Lipinski definition) is 1. The van der Waals surface area contributed by atoms with Gasteiger partial charge in [0.05, 0.1) is 0 Å². The molecule has 0 aromatic carbocycles. The first-order valence-electron chi connectivity index (χ1n) is 5.02. The molecule has 0 saturated heterocycles. The zero-order valence-electron chi connectivity index (χ0n) is 9.53. The molecule has 0 spiro atoms. The standard InChI is InChI=1S/C11H17F2NO/c1-5-14-11(4,10(12)13)9-6-7(2)15-8(9)3/h6,10,14H,5H2,1-4H3. The van der Waals surface area contributed by atoms with Crippen molar-refractivity contribution in [2.45, 2.75) is 39.7 Å². The Balaban J connectivity index is 3.14. The summed E-state index contributed by atoms with van der Waals surface area (Å²) in [4.78, 5) is 0. The van der Waals surface area contributed by atoms with Crippen molar-refractivity contribution in [3.05, 3.63) is 23.2 Å². The quantitative estimate of drug-likeness (QED) is 0.838. The predicted octanol–water partition coefficient (Wildman–Crippen LogP) is 2.99. The molecular weight excluding hydrogens is 200 g/mol. The van der Waals surface area contributed by atoms with Gasteiger partial charge in [-0.3, -0.25) is 0 Å². The summed E-state index contributed by atoms with van der Waals surface area (Å²) in [6.45, 7) is 7.26. The second kappa shape index (κ2) is 4.31. The molecule has 1 atom stereocenters. The molecule has 86 valence electrons.